The van der Waals surface area contributed by atoms with Gasteiger partial charge >= 0.3 is 0 Å². The molecule has 0 amide bonds. The van der Waals surface area contributed by atoms with Crippen LogP contribution in [0.4, 0.5) is 5.82 Å². The van der Waals surface area contributed by atoms with Gasteiger partial charge in [0.2, 0.25) is 0 Å². The van der Waals surface area contributed by atoms with Gasteiger partial charge in [-0.2, -0.15) is 0 Å². The second-order valence-electron chi connectivity index (χ2n) is 7.62. The topological polar surface area (TPSA) is 91.1 Å². The summed E-state index contributed by atoms with van der Waals surface area (Å²) < 4.78 is 0. The van der Waals surface area contributed by atoms with Crippen molar-refractivity contribution < 1.29 is 5.11 Å². The highest BCUT2D eigenvalue weighted by Gasteiger charge is 2.28. The van der Waals surface area contributed by atoms with Crippen LogP contribution in [-0.4, -0.2) is 38.7 Å². The van der Waals surface area contributed by atoms with Crippen LogP contribution < -0.4 is 10.6 Å². The zero-order valence-electron chi connectivity index (χ0n) is 15.6. The van der Waals surface area contributed by atoms with Crippen LogP contribution in [0.15, 0.2) is 24.4 Å². The van der Waals surface area contributed by atoms with Gasteiger partial charge in [0.1, 0.15) is 5.69 Å². The minimum absolute atomic E-state index is 0.138. The standard InChI is InChI=1S/C20H24ClN5O/c1-12-18(13-9-15(21)14-3-6-23-16(14)10-13)25-17(11-27)19(24-12)26-7-4-20(2,22)5-8-26/h3,6,9-10,23,27H,4-5,7-8,11,22H2,1-2H3. The number of aromatic amines is 1. The van der Waals surface area contributed by atoms with Crippen LogP contribution in [0.3, 0.4) is 0 Å². The highest BCUT2D eigenvalue weighted by atomic mass is 35.5. The Morgan fingerprint density at radius 3 is 2.74 bits per heavy atom. The molecule has 0 aliphatic carbocycles. The van der Waals surface area contributed by atoms with Crippen molar-refractivity contribution in [1.29, 1.82) is 0 Å². The average Bonchev–Trinajstić information content (AvgIpc) is 3.11. The fraction of sp³-hybridized carbons (Fsp3) is 0.400. The van der Waals surface area contributed by atoms with Gasteiger partial charge in [0, 0.05) is 41.3 Å². The highest BCUT2D eigenvalue weighted by molar-refractivity contribution is 6.35. The fourth-order valence-corrected chi connectivity index (χ4v) is 3.94. The molecule has 4 rings (SSSR count). The van der Waals surface area contributed by atoms with Gasteiger partial charge in [0.15, 0.2) is 5.82 Å². The van der Waals surface area contributed by atoms with Gasteiger partial charge in [-0.3, -0.25) is 0 Å². The number of benzene rings is 1. The van der Waals surface area contributed by atoms with E-state index in [4.69, 9.17) is 27.3 Å². The van der Waals surface area contributed by atoms with Gasteiger partial charge in [-0.1, -0.05) is 11.6 Å². The molecule has 3 aromatic rings. The Morgan fingerprint density at radius 1 is 1.30 bits per heavy atom. The maximum absolute atomic E-state index is 9.92. The summed E-state index contributed by atoms with van der Waals surface area (Å²) in [5.74, 6) is 0.751. The molecule has 0 spiro atoms. The largest absolute Gasteiger partial charge is 0.390 e. The summed E-state index contributed by atoms with van der Waals surface area (Å²) in [5.41, 5.74) is 10.1. The number of H-pyrrole nitrogens is 1. The normalized spacial score (nSPS) is 16.9. The molecular weight excluding hydrogens is 362 g/mol. The second kappa shape index (κ2) is 6.78. The number of rotatable bonds is 3. The molecule has 1 aliphatic heterocycles. The molecule has 0 saturated carbocycles. The molecule has 2 aromatic heterocycles. The molecule has 0 atom stereocenters. The molecule has 1 aromatic carbocycles. The molecule has 27 heavy (non-hydrogen) atoms. The molecule has 7 heteroatoms. The van der Waals surface area contributed by atoms with Crippen LogP contribution >= 0.6 is 11.6 Å². The minimum Gasteiger partial charge on any atom is -0.390 e. The van der Waals surface area contributed by atoms with Crippen LogP contribution in [0.5, 0.6) is 0 Å². The lowest BCUT2D eigenvalue weighted by molar-refractivity contribution is 0.275. The summed E-state index contributed by atoms with van der Waals surface area (Å²) in [5, 5.41) is 11.6. The SMILES string of the molecule is Cc1nc(N2CCC(C)(N)CC2)c(CO)nc1-c1cc(Cl)c2cc[nH]c2c1. The molecule has 6 nitrogen and oxygen atoms in total. The molecular formula is C20H24ClN5O. The lowest BCUT2D eigenvalue weighted by Crippen LogP contribution is -2.48. The number of piperidine rings is 1. The number of nitrogens with zero attached hydrogens (tertiary/aromatic N) is 3. The van der Waals surface area contributed by atoms with Gasteiger partial charge in [-0.25, -0.2) is 9.97 Å². The Kier molecular flexibility index (Phi) is 4.58. The lowest BCUT2D eigenvalue weighted by atomic mass is 9.91. The van der Waals surface area contributed by atoms with Crippen LogP contribution in [-0.2, 0) is 6.61 Å². The average molecular weight is 386 g/mol. The van der Waals surface area contributed by atoms with Crippen molar-refractivity contribution in [2.45, 2.75) is 38.8 Å². The van der Waals surface area contributed by atoms with E-state index in [1.807, 2.05) is 31.3 Å². The van der Waals surface area contributed by atoms with Crippen molar-refractivity contribution in [2.24, 2.45) is 5.73 Å². The van der Waals surface area contributed by atoms with Crippen LogP contribution in [0.25, 0.3) is 22.2 Å². The van der Waals surface area contributed by atoms with Crippen molar-refractivity contribution >= 4 is 28.3 Å². The van der Waals surface area contributed by atoms with Crippen molar-refractivity contribution in [3.8, 4) is 11.3 Å². The van der Waals surface area contributed by atoms with E-state index in [0.717, 1.165) is 59.6 Å². The third kappa shape index (κ3) is 3.40. The molecule has 4 N–H and O–H groups in total. The number of aliphatic hydroxyl groups is 1. The maximum Gasteiger partial charge on any atom is 0.153 e. The van der Waals surface area contributed by atoms with Crippen LogP contribution in [0.2, 0.25) is 5.02 Å². The number of nitrogens with two attached hydrogens (primary N) is 1. The smallest absolute Gasteiger partial charge is 0.153 e. The molecule has 0 unspecified atom stereocenters. The summed E-state index contributed by atoms with van der Waals surface area (Å²) in [6.45, 7) is 5.49. The van der Waals surface area contributed by atoms with Crippen molar-refractivity contribution in [3.05, 3.63) is 40.8 Å². The van der Waals surface area contributed by atoms with E-state index in [9.17, 15) is 5.11 Å². The predicted octanol–water partition coefficient (Wildman–Crippen LogP) is 3.40. The summed E-state index contributed by atoms with van der Waals surface area (Å²) in [4.78, 5) is 14.9. The number of hydrogen-bond acceptors (Lipinski definition) is 5. The number of anilines is 1. The number of hydrogen-bond donors (Lipinski definition) is 3. The van der Waals surface area contributed by atoms with Crippen molar-refractivity contribution in [2.75, 3.05) is 18.0 Å². The van der Waals surface area contributed by atoms with Crippen LogP contribution in [0.1, 0.15) is 31.2 Å². The van der Waals surface area contributed by atoms with Gasteiger partial charge in [-0.15, -0.1) is 0 Å². The molecule has 0 radical (unpaired) electrons. The van der Waals surface area contributed by atoms with E-state index in [2.05, 4.69) is 16.8 Å². The Morgan fingerprint density at radius 2 is 2.04 bits per heavy atom. The number of aryl methyl sites for hydroxylation is 1. The molecule has 0 bridgehead atoms. The summed E-state index contributed by atoms with van der Waals surface area (Å²) >= 11 is 6.42. The minimum atomic E-state index is -0.162. The van der Waals surface area contributed by atoms with E-state index < -0.39 is 0 Å². The third-order valence-electron chi connectivity index (χ3n) is 5.37. The molecule has 3 heterocycles. The first-order chi connectivity index (χ1) is 12.9. The van der Waals surface area contributed by atoms with E-state index >= 15 is 0 Å². The first-order valence-corrected chi connectivity index (χ1v) is 9.55. The van der Waals surface area contributed by atoms with E-state index in [-0.39, 0.29) is 12.1 Å². The third-order valence-corrected chi connectivity index (χ3v) is 5.68. The van der Waals surface area contributed by atoms with Gasteiger partial charge < -0.3 is 20.7 Å². The highest BCUT2D eigenvalue weighted by Crippen LogP contribution is 2.33. The molecule has 1 aliphatic rings. The Hall–Kier alpha value is -2.15. The lowest BCUT2D eigenvalue weighted by Gasteiger charge is -2.38. The quantitative estimate of drug-likeness (QED) is 0.642. The number of nitrogens with one attached hydrogen (secondary N) is 1. The fourth-order valence-electron chi connectivity index (χ4n) is 3.66. The molecule has 1 saturated heterocycles. The Bertz CT molecular complexity index is 987. The Balaban J connectivity index is 1.75. The van der Waals surface area contributed by atoms with E-state index in [0.29, 0.717) is 10.7 Å². The van der Waals surface area contributed by atoms with Gasteiger partial charge in [0.25, 0.3) is 0 Å². The first kappa shape index (κ1) is 18.2. The Labute approximate surface area is 163 Å². The van der Waals surface area contributed by atoms with Gasteiger partial charge in [0.05, 0.1) is 23.0 Å². The van der Waals surface area contributed by atoms with Crippen molar-refractivity contribution in [3.63, 3.8) is 0 Å². The summed E-state index contributed by atoms with van der Waals surface area (Å²) in [7, 11) is 0. The molecule has 1 fully saturated rings. The van der Waals surface area contributed by atoms with Gasteiger partial charge in [-0.05, 0) is 44.9 Å². The monoisotopic (exact) mass is 385 g/mol. The van der Waals surface area contributed by atoms with E-state index in [1.54, 1.807) is 0 Å². The summed E-state index contributed by atoms with van der Waals surface area (Å²) in [6.07, 6.45) is 3.64. The number of aromatic nitrogens is 3. The predicted molar refractivity (Wildman–Crippen MR) is 109 cm³/mol. The zero-order valence-corrected chi connectivity index (χ0v) is 16.3. The van der Waals surface area contributed by atoms with E-state index in [1.165, 1.54) is 0 Å². The summed E-state index contributed by atoms with van der Waals surface area (Å²) in [6, 6.07) is 5.86. The number of halogens is 1. The number of aliphatic hydroxyl groups excluding tert-OH is 1. The van der Waals surface area contributed by atoms with Crippen LogP contribution in [0, 0.1) is 6.92 Å². The maximum atomic E-state index is 9.92. The number of fused-ring (bicyclic) bond motifs is 1. The second-order valence-corrected chi connectivity index (χ2v) is 8.03. The first-order valence-electron chi connectivity index (χ1n) is 9.17. The van der Waals surface area contributed by atoms with Crippen molar-refractivity contribution in [1.82, 2.24) is 15.0 Å². The zero-order chi connectivity index (χ0) is 19.2. The molecule has 142 valence electrons.